The Bertz CT molecular complexity index is 703. The number of amides is 2. The molecule has 29 heavy (non-hydrogen) atoms. The Kier molecular flexibility index (Phi) is 6.33. The number of benzene rings is 1. The van der Waals surface area contributed by atoms with Crippen LogP contribution in [0.1, 0.15) is 50.2 Å². The molecule has 160 valence electrons. The Balaban J connectivity index is 1.14. The molecule has 1 aliphatic heterocycles. The van der Waals surface area contributed by atoms with Crippen molar-refractivity contribution in [1.82, 2.24) is 15.1 Å². The Morgan fingerprint density at radius 2 is 1.90 bits per heavy atom. The second kappa shape index (κ2) is 8.95. The van der Waals surface area contributed by atoms with Gasteiger partial charge in [-0.25, -0.2) is 4.79 Å². The van der Waals surface area contributed by atoms with Gasteiger partial charge < -0.3 is 15.1 Å². The SMILES string of the molecule is CCc1cccc(N2CCN(CC[C@H]3C[C@@H](NC(=O)N(C)C4CC4)C3)CC2)c1C. The van der Waals surface area contributed by atoms with E-state index in [1.807, 2.05) is 11.9 Å². The smallest absolute Gasteiger partial charge is 0.317 e. The lowest BCUT2D eigenvalue weighted by Crippen LogP contribution is -2.50. The summed E-state index contributed by atoms with van der Waals surface area (Å²) < 4.78 is 0. The van der Waals surface area contributed by atoms with Gasteiger partial charge in [-0.15, -0.1) is 0 Å². The van der Waals surface area contributed by atoms with Crippen LogP contribution in [0.3, 0.4) is 0 Å². The van der Waals surface area contributed by atoms with Crippen LogP contribution < -0.4 is 10.2 Å². The number of urea groups is 1. The van der Waals surface area contributed by atoms with E-state index in [1.165, 1.54) is 42.6 Å². The summed E-state index contributed by atoms with van der Waals surface area (Å²) in [6.45, 7) is 10.3. The van der Waals surface area contributed by atoms with E-state index in [4.69, 9.17) is 0 Å². The van der Waals surface area contributed by atoms with Gasteiger partial charge in [-0.05, 0) is 75.1 Å². The summed E-state index contributed by atoms with van der Waals surface area (Å²) in [5.41, 5.74) is 4.36. The summed E-state index contributed by atoms with van der Waals surface area (Å²) in [5.74, 6) is 0.785. The quantitative estimate of drug-likeness (QED) is 0.762. The number of hydrogen-bond donors (Lipinski definition) is 1. The Morgan fingerprint density at radius 1 is 1.17 bits per heavy atom. The molecule has 4 rings (SSSR count). The van der Waals surface area contributed by atoms with Crippen molar-refractivity contribution in [2.24, 2.45) is 5.92 Å². The number of nitrogens with zero attached hydrogens (tertiary/aromatic N) is 3. The minimum atomic E-state index is 0.134. The average molecular weight is 399 g/mol. The van der Waals surface area contributed by atoms with E-state index in [1.54, 1.807) is 0 Å². The lowest BCUT2D eigenvalue weighted by molar-refractivity contribution is 0.158. The highest BCUT2D eigenvalue weighted by atomic mass is 16.2. The highest BCUT2D eigenvalue weighted by Crippen LogP contribution is 2.32. The largest absolute Gasteiger partial charge is 0.369 e. The second-order valence-corrected chi connectivity index (χ2v) is 9.36. The summed E-state index contributed by atoms with van der Waals surface area (Å²) in [6, 6.07) is 7.79. The first kappa shape index (κ1) is 20.5. The van der Waals surface area contributed by atoms with Gasteiger partial charge in [-0.2, -0.15) is 0 Å². The predicted octanol–water partition coefficient (Wildman–Crippen LogP) is 3.65. The van der Waals surface area contributed by atoms with Crippen LogP contribution >= 0.6 is 0 Å². The Labute approximate surface area is 176 Å². The normalized spacial score (nSPS) is 24.9. The molecule has 2 saturated carbocycles. The van der Waals surface area contributed by atoms with Crippen LogP contribution in [0.15, 0.2) is 18.2 Å². The van der Waals surface area contributed by atoms with E-state index in [9.17, 15) is 4.79 Å². The molecule has 0 unspecified atom stereocenters. The summed E-state index contributed by atoms with van der Waals surface area (Å²) in [6.07, 6.45) is 7.05. The van der Waals surface area contributed by atoms with Gasteiger partial charge in [0.05, 0.1) is 0 Å². The van der Waals surface area contributed by atoms with E-state index >= 15 is 0 Å². The van der Waals surface area contributed by atoms with Gasteiger partial charge in [-0.3, -0.25) is 4.90 Å². The van der Waals surface area contributed by atoms with E-state index in [2.05, 4.69) is 47.2 Å². The number of nitrogens with one attached hydrogen (secondary N) is 1. The van der Waals surface area contributed by atoms with Gasteiger partial charge in [0, 0.05) is 51.0 Å². The van der Waals surface area contributed by atoms with Gasteiger partial charge in [0.15, 0.2) is 0 Å². The third-order valence-electron chi connectivity index (χ3n) is 7.34. The number of hydrogen-bond acceptors (Lipinski definition) is 3. The number of carbonyl (C=O) groups excluding carboxylic acids is 1. The zero-order valence-corrected chi connectivity index (χ0v) is 18.5. The standard InChI is InChI=1S/C24H38N4O/c1-4-20-6-5-7-23(18(20)2)28-14-12-27(13-15-28)11-10-19-16-21(17-19)25-24(29)26(3)22-8-9-22/h5-7,19,21-22H,4,8-17H2,1-3H3,(H,25,29)/t19-,21+. The van der Waals surface area contributed by atoms with Gasteiger partial charge >= 0.3 is 6.03 Å². The minimum absolute atomic E-state index is 0.134. The third-order valence-corrected chi connectivity index (χ3v) is 7.34. The van der Waals surface area contributed by atoms with Crippen LogP contribution in [-0.4, -0.2) is 67.7 Å². The second-order valence-electron chi connectivity index (χ2n) is 9.36. The summed E-state index contributed by atoms with van der Waals surface area (Å²) in [4.78, 5) is 19.2. The molecule has 1 N–H and O–H groups in total. The predicted molar refractivity (Wildman–Crippen MR) is 120 cm³/mol. The average Bonchev–Trinajstić information content (AvgIpc) is 3.55. The highest BCUT2D eigenvalue weighted by Gasteiger charge is 2.34. The van der Waals surface area contributed by atoms with Crippen LogP contribution in [0.2, 0.25) is 0 Å². The first-order chi connectivity index (χ1) is 14.0. The van der Waals surface area contributed by atoms with Gasteiger partial charge in [-0.1, -0.05) is 19.1 Å². The molecule has 3 aliphatic rings. The highest BCUT2D eigenvalue weighted by molar-refractivity contribution is 5.75. The number of anilines is 1. The van der Waals surface area contributed by atoms with Crippen molar-refractivity contribution in [3.05, 3.63) is 29.3 Å². The number of aryl methyl sites for hydroxylation is 1. The maximum atomic E-state index is 12.2. The van der Waals surface area contributed by atoms with Gasteiger partial charge in [0.1, 0.15) is 0 Å². The molecule has 2 amide bonds. The van der Waals surface area contributed by atoms with Crippen molar-refractivity contribution < 1.29 is 4.79 Å². The molecule has 0 radical (unpaired) electrons. The van der Waals surface area contributed by atoms with Crippen molar-refractivity contribution in [3.63, 3.8) is 0 Å². The fourth-order valence-electron chi connectivity index (χ4n) is 4.97. The molecule has 0 spiro atoms. The molecular weight excluding hydrogens is 360 g/mol. The van der Waals surface area contributed by atoms with E-state index in [0.29, 0.717) is 12.1 Å². The third kappa shape index (κ3) is 4.88. The summed E-state index contributed by atoms with van der Waals surface area (Å²) in [5, 5.41) is 3.21. The summed E-state index contributed by atoms with van der Waals surface area (Å²) in [7, 11) is 1.93. The molecule has 0 bridgehead atoms. The molecule has 2 aliphatic carbocycles. The number of rotatable bonds is 7. The molecule has 0 aromatic heterocycles. The van der Waals surface area contributed by atoms with Crippen molar-refractivity contribution in [3.8, 4) is 0 Å². The van der Waals surface area contributed by atoms with Crippen molar-refractivity contribution in [1.29, 1.82) is 0 Å². The van der Waals surface area contributed by atoms with E-state index in [0.717, 1.165) is 51.4 Å². The van der Waals surface area contributed by atoms with Gasteiger partial charge in [0.25, 0.3) is 0 Å². The van der Waals surface area contributed by atoms with Crippen LogP contribution in [0.25, 0.3) is 0 Å². The molecular formula is C24H38N4O. The molecule has 1 aromatic carbocycles. The molecule has 5 nitrogen and oxygen atoms in total. The maximum Gasteiger partial charge on any atom is 0.317 e. The van der Waals surface area contributed by atoms with Crippen LogP contribution in [0.5, 0.6) is 0 Å². The van der Waals surface area contributed by atoms with E-state index < -0.39 is 0 Å². The molecule has 0 atom stereocenters. The molecule has 3 fully saturated rings. The number of carbonyl (C=O) groups is 1. The van der Waals surface area contributed by atoms with Crippen molar-refractivity contribution in [2.45, 2.75) is 64.5 Å². The zero-order valence-electron chi connectivity index (χ0n) is 18.5. The van der Waals surface area contributed by atoms with Crippen LogP contribution in [0, 0.1) is 12.8 Å². The minimum Gasteiger partial charge on any atom is -0.369 e. The molecule has 5 heteroatoms. The summed E-state index contributed by atoms with van der Waals surface area (Å²) >= 11 is 0. The molecule has 1 heterocycles. The zero-order chi connectivity index (χ0) is 20.4. The fraction of sp³-hybridized carbons (Fsp3) is 0.708. The lowest BCUT2D eigenvalue weighted by atomic mass is 9.78. The monoisotopic (exact) mass is 398 g/mol. The Hall–Kier alpha value is -1.75. The van der Waals surface area contributed by atoms with Crippen molar-refractivity contribution >= 4 is 11.7 Å². The topological polar surface area (TPSA) is 38.8 Å². The molecule has 1 aromatic rings. The Morgan fingerprint density at radius 3 is 2.55 bits per heavy atom. The fourth-order valence-corrected chi connectivity index (χ4v) is 4.97. The number of piperazine rings is 1. The van der Waals surface area contributed by atoms with Crippen LogP contribution in [0.4, 0.5) is 10.5 Å². The van der Waals surface area contributed by atoms with E-state index in [-0.39, 0.29) is 6.03 Å². The first-order valence-corrected chi connectivity index (χ1v) is 11.6. The maximum absolute atomic E-state index is 12.2. The first-order valence-electron chi connectivity index (χ1n) is 11.6. The van der Waals surface area contributed by atoms with Crippen molar-refractivity contribution in [2.75, 3.05) is 44.7 Å². The van der Waals surface area contributed by atoms with Gasteiger partial charge in [0.2, 0.25) is 0 Å². The lowest BCUT2D eigenvalue weighted by Gasteiger charge is -2.40. The van der Waals surface area contributed by atoms with Crippen LogP contribution in [-0.2, 0) is 6.42 Å². The molecule has 1 saturated heterocycles.